The van der Waals surface area contributed by atoms with Crippen LogP contribution in [0.3, 0.4) is 0 Å². The van der Waals surface area contributed by atoms with E-state index >= 15 is 0 Å². The lowest BCUT2D eigenvalue weighted by atomic mass is 9.97. The second kappa shape index (κ2) is 9.22. The number of hydrogen-bond acceptors (Lipinski definition) is 4. The Labute approximate surface area is 207 Å². The summed E-state index contributed by atoms with van der Waals surface area (Å²) in [5.74, 6) is 0.309. The molecule has 0 saturated carbocycles. The molecule has 3 heterocycles. The van der Waals surface area contributed by atoms with Gasteiger partial charge in [-0.3, -0.25) is 4.68 Å². The number of alkyl halides is 3. The minimum absolute atomic E-state index is 0.147. The molecule has 1 aliphatic rings. The van der Waals surface area contributed by atoms with Crippen LogP contribution in [0.4, 0.5) is 24.7 Å². The molecule has 2 N–H and O–H groups in total. The Morgan fingerprint density at radius 3 is 2.39 bits per heavy atom. The quantitative estimate of drug-likeness (QED) is 0.323. The first-order chi connectivity index (χ1) is 17.2. The Kier molecular flexibility index (Phi) is 6.07. The van der Waals surface area contributed by atoms with Crippen LogP contribution >= 0.6 is 0 Å². The van der Waals surface area contributed by atoms with E-state index in [1.807, 2.05) is 79.2 Å². The van der Waals surface area contributed by atoms with E-state index in [1.54, 1.807) is 6.07 Å². The largest absolute Gasteiger partial charge is 0.410 e. The average Bonchev–Trinajstić information content (AvgIpc) is 3.40. The smallest absolute Gasteiger partial charge is 0.363 e. The maximum atomic E-state index is 14.0. The van der Waals surface area contributed by atoms with Crippen molar-refractivity contribution in [3.8, 4) is 0 Å². The van der Waals surface area contributed by atoms with E-state index in [2.05, 4.69) is 27.4 Å². The molecule has 2 aromatic carbocycles. The molecule has 0 bridgehead atoms. The van der Waals surface area contributed by atoms with E-state index in [0.29, 0.717) is 23.8 Å². The molecule has 5 rings (SSSR count). The Hall–Kier alpha value is -4.01. The number of halogens is 3. The lowest BCUT2D eigenvalue weighted by molar-refractivity contribution is -0.173. The molecule has 9 heteroatoms. The summed E-state index contributed by atoms with van der Waals surface area (Å²) in [6.45, 7) is 8.51. The zero-order valence-corrected chi connectivity index (χ0v) is 20.0. The summed E-state index contributed by atoms with van der Waals surface area (Å²) >= 11 is 0. The molecule has 0 amide bonds. The predicted octanol–water partition coefficient (Wildman–Crippen LogP) is 6.49. The van der Waals surface area contributed by atoms with E-state index in [1.165, 1.54) is 0 Å². The normalized spacial score (nSPS) is 17.4. The third kappa shape index (κ3) is 4.60. The predicted molar refractivity (Wildman–Crippen MR) is 135 cm³/mol. The van der Waals surface area contributed by atoms with Crippen LogP contribution in [0.2, 0.25) is 0 Å². The van der Waals surface area contributed by atoms with Crippen LogP contribution in [0.1, 0.15) is 46.7 Å². The molecule has 1 aliphatic heterocycles. The SMILES string of the molecule is C=C(Nc1c(C)nn(Cc2ccccc2)c1C)c1cc2n(n1)C(C(F)(F)F)CC(c1ccccc1)N2. The maximum Gasteiger partial charge on any atom is 0.410 e. The fourth-order valence-corrected chi connectivity index (χ4v) is 4.63. The highest BCUT2D eigenvalue weighted by Gasteiger charge is 2.46. The van der Waals surface area contributed by atoms with Crippen molar-refractivity contribution in [2.24, 2.45) is 0 Å². The van der Waals surface area contributed by atoms with E-state index in [0.717, 1.165) is 32.9 Å². The highest BCUT2D eigenvalue weighted by Crippen LogP contribution is 2.44. The standard InChI is InChI=1S/C27H27F3N6/c1-17(31-26-18(2)33-35(19(26)3)16-20-10-6-4-7-11-20)22-15-25-32-23(21-12-8-5-9-13-21)14-24(27(28,29)30)36(25)34-22/h4-13,15,23-24,31-32H,1,14,16H2,2-3H3. The van der Waals surface area contributed by atoms with Crippen molar-refractivity contribution in [1.29, 1.82) is 0 Å². The zero-order chi connectivity index (χ0) is 25.4. The second-order valence-corrected chi connectivity index (χ2v) is 9.05. The van der Waals surface area contributed by atoms with Gasteiger partial charge in [-0.1, -0.05) is 67.2 Å². The first-order valence-corrected chi connectivity index (χ1v) is 11.7. The van der Waals surface area contributed by atoms with Crippen LogP contribution in [0, 0.1) is 13.8 Å². The number of benzene rings is 2. The molecule has 0 saturated heterocycles. The first-order valence-electron chi connectivity index (χ1n) is 11.7. The molecule has 36 heavy (non-hydrogen) atoms. The topological polar surface area (TPSA) is 59.7 Å². The van der Waals surface area contributed by atoms with E-state index < -0.39 is 18.3 Å². The van der Waals surface area contributed by atoms with Crippen molar-refractivity contribution < 1.29 is 13.2 Å². The van der Waals surface area contributed by atoms with Gasteiger partial charge in [0.15, 0.2) is 6.04 Å². The molecule has 2 aromatic heterocycles. The van der Waals surface area contributed by atoms with Gasteiger partial charge in [0.25, 0.3) is 0 Å². The molecule has 4 aromatic rings. The summed E-state index contributed by atoms with van der Waals surface area (Å²) in [7, 11) is 0. The second-order valence-electron chi connectivity index (χ2n) is 9.05. The number of rotatable bonds is 6. The van der Waals surface area contributed by atoms with Gasteiger partial charge in [-0.2, -0.15) is 23.4 Å². The monoisotopic (exact) mass is 492 g/mol. The summed E-state index contributed by atoms with van der Waals surface area (Å²) in [5, 5.41) is 15.4. The van der Waals surface area contributed by atoms with Crippen LogP contribution < -0.4 is 10.6 Å². The van der Waals surface area contributed by atoms with Gasteiger partial charge >= 0.3 is 6.18 Å². The fraction of sp³-hybridized carbons (Fsp3) is 0.259. The fourth-order valence-electron chi connectivity index (χ4n) is 4.63. The molecule has 2 unspecified atom stereocenters. The van der Waals surface area contributed by atoms with Gasteiger partial charge in [0.2, 0.25) is 0 Å². The zero-order valence-electron chi connectivity index (χ0n) is 20.0. The maximum absolute atomic E-state index is 14.0. The highest BCUT2D eigenvalue weighted by atomic mass is 19.4. The van der Waals surface area contributed by atoms with Crippen LogP contribution in [-0.2, 0) is 6.54 Å². The number of aryl methyl sites for hydroxylation is 1. The van der Waals surface area contributed by atoms with Gasteiger partial charge in [0.05, 0.1) is 35.4 Å². The number of hydrogen-bond donors (Lipinski definition) is 2. The third-order valence-corrected chi connectivity index (χ3v) is 6.53. The molecule has 0 radical (unpaired) electrons. The van der Waals surface area contributed by atoms with Crippen molar-refractivity contribution >= 4 is 17.2 Å². The minimum Gasteiger partial charge on any atom is -0.363 e. The van der Waals surface area contributed by atoms with Gasteiger partial charge < -0.3 is 10.6 Å². The number of nitrogens with zero attached hydrogens (tertiary/aromatic N) is 4. The number of fused-ring (bicyclic) bond motifs is 1. The van der Waals surface area contributed by atoms with E-state index in [-0.39, 0.29) is 6.42 Å². The van der Waals surface area contributed by atoms with E-state index in [9.17, 15) is 13.2 Å². The lowest BCUT2D eigenvalue weighted by Crippen LogP contribution is -2.35. The Morgan fingerprint density at radius 1 is 1.06 bits per heavy atom. The van der Waals surface area contributed by atoms with Crippen molar-refractivity contribution in [2.45, 2.75) is 45.1 Å². The average molecular weight is 493 g/mol. The van der Waals surface area contributed by atoms with Gasteiger partial charge in [-0.25, -0.2) is 4.68 Å². The summed E-state index contributed by atoms with van der Waals surface area (Å²) in [6, 6.07) is 18.5. The lowest BCUT2D eigenvalue weighted by Gasteiger charge is -2.33. The molecule has 0 aliphatic carbocycles. The first kappa shape index (κ1) is 23.7. The summed E-state index contributed by atoms with van der Waals surface area (Å²) < 4.78 is 45.0. The van der Waals surface area contributed by atoms with Gasteiger partial charge in [0, 0.05) is 12.5 Å². The summed E-state index contributed by atoms with van der Waals surface area (Å²) in [5.41, 5.74) is 5.10. The van der Waals surface area contributed by atoms with Crippen molar-refractivity contribution in [2.75, 3.05) is 10.6 Å². The van der Waals surface area contributed by atoms with Crippen LogP contribution in [0.25, 0.3) is 5.70 Å². The van der Waals surface area contributed by atoms with Crippen LogP contribution in [0.15, 0.2) is 73.3 Å². The molecule has 0 spiro atoms. The van der Waals surface area contributed by atoms with Gasteiger partial charge in [-0.05, 0) is 25.0 Å². The van der Waals surface area contributed by atoms with Crippen molar-refractivity contribution in [1.82, 2.24) is 19.6 Å². The number of aromatic nitrogens is 4. The molecular formula is C27H27F3N6. The molecule has 2 atom stereocenters. The minimum atomic E-state index is -4.44. The highest BCUT2D eigenvalue weighted by molar-refractivity contribution is 5.76. The van der Waals surface area contributed by atoms with Crippen LogP contribution in [0.5, 0.6) is 0 Å². The van der Waals surface area contributed by atoms with E-state index in [4.69, 9.17) is 0 Å². The summed E-state index contributed by atoms with van der Waals surface area (Å²) in [6.07, 6.45) is -4.58. The molecule has 6 nitrogen and oxygen atoms in total. The third-order valence-electron chi connectivity index (χ3n) is 6.53. The Bertz CT molecular complexity index is 1370. The van der Waals surface area contributed by atoms with Gasteiger partial charge in [-0.15, -0.1) is 0 Å². The van der Waals surface area contributed by atoms with Crippen molar-refractivity contribution in [3.63, 3.8) is 0 Å². The Morgan fingerprint density at radius 2 is 1.72 bits per heavy atom. The van der Waals surface area contributed by atoms with Crippen LogP contribution in [-0.4, -0.2) is 25.7 Å². The number of nitrogens with one attached hydrogen (secondary N) is 2. The molecular weight excluding hydrogens is 465 g/mol. The number of anilines is 2. The molecule has 0 fully saturated rings. The van der Waals surface area contributed by atoms with Gasteiger partial charge in [0.1, 0.15) is 11.5 Å². The van der Waals surface area contributed by atoms with Crippen molar-refractivity contribution in [3.05, 3.63) is 102 Å². The molecule has 186 valence electrons. The Balaban J connectivity index is 1.40. The summed E-state index contributed by atoms with van der Waals surface area (Å²) in [4.78, 5) is 0.